The van der Waals surface area contributed by atoms with Gasteiger partial charge in [-0.25, -0.2) is 4.79 Å². The summed E-state index contributed by atoms with van der Waals surface area (Å²) in [6.45, 7) is 16.6. The van der Waals surface area contributed by atoms with E-state index in [1.54, 1.807) is 60.7 Å². The maximum absolute atomic E-state index is 12.7. The van der Waals surface area contributed by atoms with Crippen LogP contribution in [-0.2, 0) is 157 Å². The number of ether oxygens (including phenoxy) is 7. The van der Waals surface area contributed by atoms with E-state index in [4.69, 9.17) is 119 Å². The van der Waals surface area contributed by atoms with Gasteiger partial charge in [-0.15, -0.1) is 11.6 Å². The molecule has 0 aliphatic rings. The fourth-order valence-electron chi connectivity index (χ4n) is 7.40. The van der Waals surface area contributed by atoms with Crippen LogP contribution in [0.25, 0.3) is 0 Å². The van der Waals surface area contributed by atoms with Crippen molar-refractivity contribution in [1.29, 1.82) is 0 Å². The van der Waals surface area contributed by atoms with Crippen LogP contribution in [0.2, 0.25) is 0 Å². The number of carbonyl (C=O) groups excluding carboxylic acids is 7. The summed E-state index contributed by atoms with van der Waals surface area (Å²) in [6.07, 6.45) is -1.32. The van der Waals surface area contributed by atoms with Gasteiger partial charge in [0, 0.05) is 127 Å². The zero-order valence-electron chi connectivity index (χ0n) is 66.8. The Kier molecular flexibility index (Phi) is 57.4. The van der Waals surface area contributed by atoms with Gasteiger partial charge in [-0.1, -0.05) is 48.0 Å². The molecule has 55 heteroatoms. The maximum Gasteiger partial charge on any atom is 0.407 e. The summed E-state index contributed by atoms with van der Waals surface area (Å²) in [6, 6.07) is 0. The molecule has 666 valence electrons. The third-order valence-corrected chi connectivity index (χ3v) is 32.4. The van der Waals surface area contributed by atoms with E-state index in [0.29, 0.717) is 25.1 Å². The second-order valence-corrected chi connectivity index (χ2v) is 45.8. The number of amides is 1. The van der Waals surface area contributed by atoms with Gasteiger partial charge < -0.3 is 132 Å². The summed E-state index contributed by atoms with van der Waals surface area (Å²) in [5, 5.41) is 28.9. The largest absolute Gasteiger partial charge is 0.462 e. The quantitative estimate of drug-likeness (QED) is 0.00685. The second-order valence-electron chi connectivity index (χ2n) is 24.1. The molecule has 0 aromatic heterocycles. The molecule has 1 amide bonds. The van der Waals surface area contributed by atoms with Crippen molar-refractivity contribution in [3.05, 3.63) is 0 Å². The standard InChI is InChI=1S/C17H36NO12P3.C17H32NO9P.C13H28NO14P3.C10H23ClO7P2/c1-8-15(19)27-12-14(30-16(20)9-2)13-29-32(7,23)28-11-10-18-17(21,31(5,6)22)33(24,25-3)26-4;1-7-14(19)23-11-13(26-15(20)8-2)12-25-28(6,22)24-10-9-18-16(21)27-17(3,4)5;1-4-11(15)25-8-10(28-12(16)5-2)9-27-29(3,18)26-7-6-14-13(17,30(19,20)21)31(22,23)24;1-15-19(13,16-2)10(12,8-6-5-7-9-11)20(14,17-3)18-4/h14,18,21H,8-13H2,1-7H3;13H,7-12H2,1-6H3,(H,18,21);10,14,17H,4-9H2,1-3H3,(H2,19,20,21)(H2,22,23,24);12H,5-9H2,1-4H3. The van der Waals surface area contributed by atoms with Crippen LogP contribution in [0.5, 0.6) is 0 Å². The average molecular weight is 1830 g/mol. The molecule has 10 N–H and O–H groups in total. The fraction of sp³-hybridized carbons (Fsp3) is 0.877. The number of rotatable bonds is 55. The Hall–Kier alpha value is -2.39. The number of hydrogen-bond donors (Lipinski definition) is 10. The van der Waals surface area contributed by atoms with E-state index in [-0.39, 0.29) is 104 Å². The van der Waals surface area contributed by atoms with Crippen LogP contribution in [-0.4, -0.2) is 277 Å². The van der Waals surface area contributed by atoms with Crippen molar-refractivity contribution in [1.82, 2.24) is 16.0 Å². The monoisotopic (exact) mass is 1830 g/mol. The van der Waals surface area contributed by atoms with Crippen molar-refractivity contribution in [2.24, 2.45) is 0 Å². The summed E-state index contributed by atoms with van der Waals surface area (Å²) in [5.41, 5.74) is -0.625. The van der Waals surface area contributed by atoms with E-state index in [1.165, 1.54) is 26.9 Å². The molecule has 0 saturated carbocycles. The van der Waals surface area contributed by atoms with Gasteiger partial charge in [0.15, 0.2) is 18.3 Å². The van der Waals surface area contributed by atoms with Crippen LogP contribution < -0.4 is 16.0 Å². The Morgan fingerprint density at radius 1 is 0.393 bits per heavy atom. The first-order chi connectivity index (χ1) is 51.3. The van der Waals surface area contributed by atoms with E-state index >= 15 is 0 Å². The van der Waals surface area contributed by atoms with Gasteiger partial charge >= 0.3 is 108 Å². The zero-order chi connectivity index (χ0) is 88.1. The Balaban J connectivity index is -0.000000704. The van der Waals surface area contributed by atoms with Crippen molar-refractivity contribution in [2.45, 2.75) is 166 Å². The highest BCUT2D eigenvalue weighted by molar-refractivity contribution is 7.78. The third kappa shape index (κ3) is 45.1. The molecule has 0 aromatic carbocycles. The van der Waals surface area contributed by atoms with Gasteiger partial charge in [-0.2, -0.15) is 0 Å². The number of carbonyl (C=O) groups is 7. The van der Waals surface area contributed by atoms with Crippen LogP contribution >= 0.6 is 79.5 Å². The first kappa shape index (κ1) is 116. The molecule has 0 fully saturated rings. The Morgan fingerprint density at radius 2 is 0.679 bits per heavy atom. The Bertz CT molecular complexity index is 3220. The molecular formula is C57H119ClN3O42P9. The number of esters is 6. The summed E-state index contributed by atoms with van der Waals surface area (Å²) in [7, 11) is -31.9. The lowest BCUT2D eigenvalue weighted by molar-refractivity contribution is -0.160. The normalized spacial score (nSPS) is 15.4. The number of nitrogens with one attached hydrogen (secondary N) is 3. The second kappa shape index (κ2) is 55.4. The molecule has 0 aliphatic heterocycles. The lowest BCUT2D eigenvalue weighted by Crippen LogP contribution is -2.46. The molecule has 0 aromatic rings. The smallest absolute Gasteiger partial charge is 0.407 e. The number of aliphatic hydroxyl groups is 3. The molecule has 112 heavy (non-hydrogen) atoms. The number of alkyl halides is 1. The zero-order valence-corrected chi connectivity index (χ0v) is 75.6. The highest BCUT2D eigenvalue weighted by atomic mass is 35.5. The Labute approximate surface area is 658 Å². The van der Waals surface area contributed by atoms with Crippen molar-refractivity contribution < 1.29 is 197 Å². The van der Waals surface area contributed by atoms with E-state index in [2.05, 4.69) is 10.6 Å². The molecule has 0 rings (SSSR count). The first-order valence-corrected chi connectivity index (χ1v) is 50.9. The Morgan fingerprint density at radius 3 is 0.929 bits per heavy atom. The summed E-state index contributed by atoms with van der Waals surface area (Å²) in [4.78, 5) is 116. The molecule has 0 saturated heterocycles. The summed E-state index contributed by atoms with van der Waals surface area (Å²) >= 11 is 5.57. The van der Waals surface area contributed by atoms with Crippen LogP contribution in [0.4, 0.5) is 4.79 Å². The van der Waals surface area contributed by atoms with Crippen LogP contribution in [0, 0.1) is 0 Å². The highest BCUT2D eigenvalue weighted by Gasteiger charge is 2.64. The number of hydrogen-bond acceptors (Lipinski definition) is 40. The van der Waals surface area contributed by atoms with Crippen LogP contribution in [0.15, 0.2) is 0 Å². The minimum Gasteiger partial charge on any atom is -0.462 e. The molecule has 0 bridgehead atoms. The lowest BCUT2D eigenvalue weighted by atomic mass is 10.2. The van der Waals surface area contributed by atoms with E-state index in [1.807, 2.05) is 0 Å². The number of alkyl carbamates (subject to hydrolysis) is 1. The van der Waals surface area contributed by atoms with E-state index < -0.39 is 169 Å². The van der Waals surface area contributed by atoms with Crippen LogP contribution in [0.1, 0.15) is 127 Å². The van der Waals surface area contributed by atoms with Gasteiger partial charge in [0.25, 0.3) is 10.3 Å². The molecule has 7 unspecified atom stereocenters. The molecule has 0 radical (unpaired) electrons. The molecule has 0 spiro atoms. The molecule has 45 nitrogen and oxygen atoms in total. The summed E-state index contributed by atoms with van der Waals surface area (Å²) < 4.78 is 204. The highest BCUT2D eigenvalue weighted by Crippen LogP contribution is 2.77. The first-order valence-electron chi connectivity index (χ1n) is 33.9. The average Bonchev–Trinajstić information content (AvgIpc) is 0.749. The summed E-state index contributed by atoms with van der Waals surface area (Å²) in [5.74, 6) is -2.76. The molecule has 0 aliphatic carbocycles. The van der Waals surface area contributed by atoms with Gasteiger partial charge in [0.1, 0.15) is 32.6 Å². The van der Waals surface area contributed by atoms with E-state index in [0.717, 1.165) is 56.0 Å². The van der Waals surface area contributed by atoms with Crippen molar-refractivity contribution in [3.63, 3.8) is 0 Å². The minimum atomic E-state index is -5.72. The van der Waals surface area contributed by atoms with E-state index in [9.17, 15) is 90.0 Å². The van der Waals surface area contributed by atoms with Crippen LogP contribution in [0.3, 0.4) is 0 Å². The lowest BCUT2D eigenvalue weighted by Gasteiger charge is -2.36. The SMILES string of the molecule is CCC(=O)OCC(COP(C)(=O)OCCNC(=O)OC(C)(C)C)OC(=O)CC.CCC(=O)OCC(COP(C)(=O)OCCNC(O)(P(=O)(O)O)P(=O)(O)O)OC(=O)CC.CCC(=O)OCC(COP(C)(=O)OCCNC(O)(P(C)(C)=O)P(=O)(OC)OC)OC(=O)CC.COP(=O)(OC)C(O)(CCCCCCl)P(=O)(OC)OC. The predicted octanol–water partition coefficient (Wildman–Crippen LogP) is 8.13. The maximum atomic E-state index is 12.7. The predicted molar refractivity (Wildman–Crippen MR) is 403 cm³/mol. The van der Waals surface area contributed by atoms with Crippen molar-refractivity contribution in [2.75, 3.05) is 161 Å². The molecular weight excluding hydrogens is 1710 g/mol. The van der Waals surface area contributed by atoms with Gasteiger partial charge in [0.05, 0.1) is 39.6 Å². The van der Waals surface area contributed by atoms with Crippen molar-refractivity contribution in [3.8, 4) is 0 Å². The van der Waals surface area contributed by atoms with Gasteiger partial charge in [-0.3, -0.25) is 75.9 Å². The van der Waals surface area contributed by atoms with Gasteiger partial charge in [-0.05, 0) is 53.4 Å². The number of halogens is 1. The fourth-order valence-corrected chi connectivity index (χ4v) is 21.2. The molecule has 0 heterocycles. The topological polar surface area (TPSA) is 626 Å². The molecule has 7 atom stereocenters. The minimum absolute atomic E-state index is 0.0201. The van der Waals surface area contributed by atoms with Crippen molar-refractivity contribution >= 4 is 121 Å². The number of unbranched alkanes of at least 4 members (excludes halogenated alkanes) is 2. The third-order valence-electron chi connectivity index (χ3n) is 13.5. The van der Waals surface area contributed by atoms with Gasteiger partial charge in [0.2, 0.25) is 0 Å².